The molecule has 5 nitrogen and oxygen atoms in total. The van der Waals surface area contributed by atoms with Gasteiger partial charge in [-0.05, 0) is 24.6 Å². The third kappa shape index (κ3) is 4.18. The fourth-order valence-electron chi connectivity index (χ4n) is 1.38. The van der Waals surface area contributed by atoms with Crippen LogP contribution in [0.3, 0.4) is 0 Å². The maximum atomic E-state index is 10.9. The summed E-state index contributed by atoms with van der Waals surface area (Å²) in [5.41, 5.74) is 0.618. The average molecular weight is 251 g/mol. The highest BCUT2D eigenvalue weighted by atomic mass is 16.5. The molecule has 0 saturated carbocycles. The lowest BCUT2D eigenvalue weighted by molar-refractivity contribution is -0.132. The molecule has 0 aliphatic rings. The van der Waals surface area contributed by atoms with Crippen molar-refractivity contribution in [1.82, 2.24) is 0 Å². The van der Waals surface area contributed by atoms with E-state index in [0.717, 1.165) is 0 Å². The average Bonchev–Trinajstić information content (AvgIpc) is 2.25. The van der Waals surface area contributed by atoms with Crippen molar-refractivity contribution in [2.45, 2.75) is 19.8 Å². The van der Waals surface area contributed by atoms with Gasteiger partial charge in [-0.15, -0.1) is 0 Å². The van der Waals surface area contributed by atoms with Crippen LogP contribution in [0.2, 0.25) is 0 Å². The number of carbonyl (C=O) groups is 2. The van der Waals surface area contributed by atoms with Gasteiger partial charge in [-0.2, -0.15) is 0 Å². The molecule has 1 atom stereocenters. The number of esters is 2. The molecule has 18 heavy (non-hydrogen) atoms. The Kier molecular flexibility index (Phi) is 4.85. The first-order valence-corrected chi connectivity index (χ1v) is 5.38. The van der Waals surface area contributed by atoms with Crippen LogP contribution in [-0.2, 0) is 9.59 Å². The maximum Gasteiger partial charge on any atom is 0.308 e. The Balaban J connectivity index is 3.10. The van der Waals surface area contributed by atoms with Crippen LogP contribution in [-0.4, -0.2) is 23.7 Å². The van der Waals surface area contributed by atoms with Crippen molar-refractivity contribution in [2.24, 2.45) is 0 Å². The smallest absolute Gasteiger partial charge is 0.308 e. The SMILES string of the molecule is [CH2]C(CO)c1cc(OC(C)=O)cc(OC(C)=O)c1. The second-order valence-electron chi connectivity index (χ2n) is 3.80. The first-order chi connectivity index (χ1) is 8.42. The normalized spacial score (nSPS) is 11.8. The molecule has 0 aromatic heterocycles. The number of hydrogen-bond acceptors (Lipinski definition) is 5. The molecule has 0 heterocycles. The molecular formula is C13H15O5. The van der Waals surface area contributed by atoms with E-state index in [2.05, 4.69) is 6.92 Å². The highest BCUT2D eigenvalue weighted by Gasteiger charge is 2.11. The molecule has 1 rings (SSSR count). The summed E-state index contributed by atoms with van der Waals surface area (Å²) in [5, 5.41) is 9.06. The fraction of sp³-hybridized carbons (Fsp3) is 0.308. The van der Waals surface area contributed by atoms with Crippen molar-refractivity contribution in [2.75, 3.05) is 6.61 Å². The molecule has 0 amide bonds. The molecule has 0 fully saturated rings. The van der Waals surface area contributed by atoms with Gasteiger partial charge in [-0.1, -0.05) is 0 Å². The number of ether oxygens (including phenoxy) is 2. The van der Waals surface area contributed by atoms with Gasteiger partial charge in [0.2, 0.25) is 0 Å². The topological polar surface area (TPSA) is 72.8 Å². The molecule has 1 radical (unpaired) electrons. The molecule has 1 aromatic rings. The number of aliphatic hydroxyl groups is 1. The van der Waals surface area contributed by atoms with Crippen LogP contribution in [0, 0.1) is 6.92 Å². The highest BCUT2D eigenvalue weighted by molar-refractivity contribution is 5.71. The van der Waals surface area contributed by atoms with Crippen LogP contribution in [0.1, 0.15) is 25.3 Å². The Bertz CT molecular complexity index is 418. The molecule has 1 aromatic carbocycles. The fourth-order valence-corrected chi connectivity index (χ4v) is 1.38. The zero-order valence-electron chi connectivity index (χ0n) is 10.3. The number of hydrogen-bond donors (Lipinski definition) is 1. The van der Waals surface area contributed by atoms with Gasteiger partial charge in [-0.25, -0.2) is 0 Å². The van der Waals surface area contributed by atoms with Crippen molar-refractivity contribution in [1.29, 1.82) is 0 Å². The lowest BCUT2D eigenvalue weighted by Crippen LogP contribution is -2.07. The molecule has 5 heteroatoms. The summed E-state index contributed by atoms with van der Waals surface area (Å²) in [6, 6.07) is 4.57. The van der Waals surface area contributed by atoms with Crippen molar-refractivity contribution in [3.8, 4) is 11.5 Å². The van der Waals surface area contributed by atoms with Crippen LogP contribution < -0.4 is 9.47 Å². The van der Waals surface area contributed by atoms with Crippen molar-refractivity contribution in [3.05, 3.63) is 30.7 Å². The Morgan fingerprint density at radius 1 is 1.17 bits per heavy atom. The molecule has 1 unspecified atom stereocenters. The minimum atomic E-state index is -0.481. The minimum absolute atomic E-state index is 0.164. The molecule has 0 aliphatic heterocycles. The van der Waals surface area contributed by atoms with E-state index in [1.165, 1.54) is 19.9 Å². The van der Waals surface area contributed by atoms with E-state index >= 15 is 0 Å². The van der Waals surface area contributed by atoms with Gasteiger partial charge in [0.05, 0.1) is 0 Å². The summed E-state index contributed by atoms with van der Waals surface area (Å²) < 4.78 is 9.86. The summed E-state index contributed by atoms with van der Waals surface area (Å²) in [6.07, 6.45) is 0. The number of rotatable bonds is 4. The van der Waals surface area contributed by atoms with Gasteiger partial charge >= 0.3 is 11.9 Å². The first-order valence-electron chi connectivity index (χ1n) is 5.38. The number of carbonyl (C=O) groups excluding carboxylic acids is 2. The standard InChI is InChI=1S/C13H15O5/c1-8(7-14)11-4-12(17-9(2)15)6-13(5-11)18-10(3)16/h4-6,8,14H,1,7H2,2-3H3. The van der Waals surface area contributed by atoms with Crippen molar-refractivity contribution in [3.63, 3.8) is 0 Å². The largest absolute Gasteiger partial charge is 0.427 e. The van der Waals surface area contributed by atoms with E-state index in [9.17, 15) is 9.59 Å². The minimum Gasteiger partial charge on any atom is -0.427 e. The van der Waals surface area contributed by atoms with Gasteiger partial charge < -0.3 is 14.6 Å². The second kappa shape index (κ2) is 6.16. The molecule has 97 valence electrons. The quantitative estimate of drug-likeness (QED) is 0.647. The maximum absolute atomic E-state index is 10.9. The van der Waals surface area contributed by atoms with Crippen molar-refractivity contribution < 1.29 is 24.2 Å². The second-order valence-corrected chi connectivity index (χ2v) is 3.80. The molecule has 0 aliphatic carbocycles. The Morgan fingerprint density at radius 3 is 1.94 bits per heavy atom. The van der Waals surface area contributed by atoms with E-state index in [1.54, 1.807) is 12.1 Å². The lowest BCUT2D eigenvalue weighted by Gasteiger charge is -2.12. The van der Waals surface area contributed by atoms with Crippen LogP contribution >= 0.6 is 0 Å². The third-order valence-corrected chi connectivity index (χ3v) is 2.12. The van der Waals surface area contributed by atoms with Crippen LogP contribution in [0.5, 0.6) is 11.5 Å². The predicted molar refractivity (Wildman–Crippen MR) is 64.2 cm³/mol. The molecule has 0 saturated heterocycles. The van der Waals surface area contributed by atoms with Gasteiger partial charge in [0.1, 0.15) is 11.5 Å². The first kappa shape index (κ1) is 14.2. The highest BCUT2D eigenvalue weighted by Crippen LogP contribution is 2.27. The van der Waals surface area contributed by atoms with Gasteiger partial charge in [0, 0.05) is 32.4 Å². The molecule has 0 spiro atoms. The summed E-state index contributed by atoms with van der Waals surface area (Å²) in [5.74, 6) is -0.859. The van der Waals surface area contributed by atoms with Crippen LogP contribution in [0.15, 0.2) is 18.2 Å². The van der Waals surface area contributed by atoms with Gasteiger partial charge in [-0.3, -0.25) is 9.59 Å². The molecule has 0 bridgehead atoms. The van der Waals surface area contributed by atoms with Crippen LogP contribution in [0.4, 0.5) is 0 Å². The summed E-state index contributed by atoms with van der Waals surface area (Å²) in [6.45, 7) is 6.11. The predicted octanol–water partition coefficient (Wildman–Crippen LogP) is 1.45. The zero-order valence-corrected chi connectivity index (χ0v) is 10.3. The summed E-state index contributed by atoms with van der Waals surface area (Å²) in [4.78, 5) is 21.8. The Morgan fingerprint density at radius 2 is 1.61 bits per heavy atom. The van der Waals surface area contributed by atoms with E-state index in [0.29, 0.717) is 5.56 Å². The zero-order chi connectivity index (χ0) is 13.7. The molecular weight excluding hydrogens is 236 g/mol. The van der Waals surface area contributed by atoms with Gasteiger partial charge in [0.25, 0.3) is 0 Å². The molecule has 1 N–H and O–H groups in total. The van der Waals surface area contributed by atoms with E-state index in [-0.39, 0.29) is 18.1 Å². The van der Waals surface area contributed by atoms with E-state index < -0.39 is 17.9 Å². The lowest BCUT2D eigenvalue weighted by atomic mass is 10.0. The van der Waals surface area contributed by atoms with E-state index in [1.807, 2.05) is 0 Å². The number of aliphatic hydroxyl groups excluding tert-OH is 1. The Labute approximate surface area is 105 Å². The van der Waals surface area contributed by atoms with E-state index in [4.69, 9.17) is 14.6 Å². The monoisotopic (exact) mass is 251 g/mol. The van der Waals surface area contributed by atoms with Crippen LogP contribution in [0.25, 0.3) is 0 Å². The number of benzene rings is 1. The summed E-state index contributed by atoms with van der Waals surface area (Å²) in [7, 11) is 0. The van der Waals surface area contributed by atoms with Crippen molar-refractivity contribution >= 4 is 11.9 Å². The Hall–Kier alpha value is -1.88. The van der Waals surface area contributed by atoms with Gasteiger partial charge in [0.15, 0.2) is 0 Å². The third-order valence-electron chi connectivity index (χ3n) is 2.12. The summed E-state index contributed by atoms with van der Waals surface area (Å²) >= 11 is 0.